The number of benzene rings is 1. The molecule has 0 fully saturated rings. The highest BCUT2D eigenvalue weighted by Crippen LogP contribution is 2.04. The normalized spacial score (nSPS) is 10.3. The van der Waals surface area contributed by atoms with Crippen molar-refractivity contribution in [3.63, 3.8) is 0 Å². The topological polar surface area (TPSA) is 71.1 Å². The van der Waals surface area contributed by atoms with Gasteiger partial charge in [-0.05, 0) is 5.56 Å². The van der Waals surface area contributed by atoms with Crippen molar-refractivity contribution in [1.82, 2.24) is 0 Å². The number of rotatable bonds is 8. The van der Waals surface area contributed by atoms with Crippen molar-refractivity contribution >= 4 is 11.9 Å². The Hall–Kier alpha value is -1.92. The van der Waals surface area contributed by atoms with Crippen molar-refractivity contribution in [3.05, 3.63) is 35.9 Å². The second-order valence-corrected chi connectivity index (χ2v) is 4.07. The van der Waals surface area contributed by atoms with E-state index in [-0.39, 0.29) is 19.8 Å². The molecule has 1 rings (SSSR count). The van der Waals surface area contributed by atoms with Gasteiger partial charge in [0.15, 0.2) is 6.10 Å². The van der Waals surface area contributed by atoms with Gasteiger partial charge in [-0.25, -0.2) is 9.78 Å². The Bertz CT molecular complexity index is 399. The summed E-state index contributed by atoms with van der Waals surface area (Å²) < 4.78 is 9.61. The van der Waals surface area contributed by atoms with Crippen molar-refractivity contribution in [2.45, 2.75) is 26.6 Å². The summed E-state index contributed by atoms with van der Waals surface area (Å²) >= 11 is 0. The third-order valence-electron chi connectivity index (χ3n) is 2.22. The van der Waals surface area contributed by atoms with Crippen LogP contribution in [0.5, 0.6) is 0 Å². The minimum atomic E-state index is -0.661. The second-order valence-electron chi connectivity index (χ2n) is 4.07. The van der Waals surface area contributed by atoms with E-state index in [4.69, 9.17) is 19.2 Å². The maximum atomic E-state index is 10.8. The zero-order valence-electron chi connectivity index (χ0n) is 11.5. The summed E-state index contributed by atoms with van der Waals surface area (Å²) in [5.74, 6) is -0.881. The van der Waals surface area contributed by atoms with E-state index in [2.05, 4.69) is 0 Å². The Morgan fingerprint density at radius 3 is 2.05 bits per heavy atom. The van der Waals surface area contributed by atoms with Gasteiger partial charge in [0.25, 0.3) is 0 Å². The van der Waals surface area contributed by atoms with E-state index in [1.54, 1.807) is 0 Å². The van der Waals surface area contributed by atoms with Gasteiger partial charge < -0.3 is 9.47 Å². The fraction of sp³-hybridized carbons (Fsp3) is 0.429. The van der Waals surface area contributed by atoms with Crippen molar-refractivity contribution in [3.8, 4) is 0 Å². The molecule has 0 heterocycles. The first-order chi connectivity index (χ1) is 9.58. The van der Waals surface area contributed by atoms with E-state index < -0.39 is 18.0 Å². The maximum absolute atomic E-state index is 10.8. The van der Waals surface area contributed by atoms with Crippen LogP contribution in [-0.4, -0.2) is 31.3 Å². The lowest BCUT2D eigenvalue weighted by Gasteiger charge is -2.16. The summed E-state index contributed by atoms with van der Waals surface area (Å²) in [6.07, 6.45) is -0.661. The van der Waals surface area contributed by atoms with Gasteiger partial charge in [-0.2, -0.15) is 0 Å². The molecule has 0 bridgehead atoms. The van der Waals surface area contributed by atoms with Gasteiger partial charge in [-0.3, -0.25) is 9.59 Å². The Labute approximate surface area is 117 Å². The van der Waals surface area contributed by atoms with Gasteiger partial charge in [0.1, 0.15) is 19.8 Å². The van der Waals surface area contributed by atoms with Crippen LogP contribution in [0.25, 0.3) is 0 Å². The summed E-state index contributed by atoms with van der Waals surface area (Å²) in [4.78, 5) is 31.7. The van der Waals surface area contributed by atoms with E-state index >= 15 is 0 Å². The van der Waals surface area contributed by atoms with Gasteiger partial charge in [0.2, 0.25) is 0 Å². The highest BCUT2D eigenvalue weighted by Gasteiger charge is 2.14. The first-order valence-corrected chi connectivity index (χ1v) is 6.17. The number of esters is 2. The largest absolute Gasteiger partial charge is 0.463 e. The SMILES string of the molecule is CC(=O)OCC(COC(C)=O)OOCc1ccccc1. The molecule has 0 spiro atoms. The highest BCUT2D eigenvalue weighted by molar-refractivity contribution is 5.66. The number of hydrogen-bond donors (Lipinski definition) is 0. The molecule has 1 aromatic rings. The van der Waals surface area contributed by atoms with E-state index in [0.717, 1.165) is 5.56 Å². The standard InChI is InChI=1S/C14H18O6/c1-11(15)17-9-14(10-18-12(2)16)20-19-8-13-6-4-3-5-7-13/h3-7,14H,8-10H2,1-2H3. The fourth-order valence-corrected chi connectivity index (χ4v) is 1.30. The Kier molecular flexibility index (Phi) is 7.31. The highest BCUT2D eigenvalue weighted by atomic mass is 17.2. The molecule has 0 radical (unpaired) electrons. The molecule has 1 aromatic carbocycles. The average molecular weight is 282 g/mol. The number of carbonyl (C=O) groups is 2. The number of ether oxygens (including phenoxy) is 2. The molecular formula is C14H18O6. The van der Waals surface area contributed by atoms with Gasteiger partial charge >= 0.3 is 11.9 Å². The van der Waals surface area contributed by atoms with Crippen molar-refractivity contribution in [2.24, 2.45) is 0 Å². The lowest BCUT2D eigenvalue weighted by atomic mass is 10.2. The van der Waals surface area contributed by atoms with Gasteiger partial charge in [-0.15, -0.1) is 0 Å². The van der Waals surface area contributed by atoms with Gasteiger partial charge in [-0.1, -0.05) is 30.3 Å². The van der Waals surface area contributed by atoms with Crippen LogP contribution in [-0.2, 0) is 35.4 Å². The summed E-state index contributed by atoms with van der Waals surface area (Å²) in [7, 11) is 0. The summed E-state index contributed by atoms with van der Waals surface area (Å²) in [6, 6.07) is 9.43. The number of carbonyl (C=O) groups excluding carboxylic acids is 2. The van der Waals surface area contributed by atoms with Crippen LogP contribution in [0, 0.1) is 0 Å². The molecule has 0 amide bonds. The quantitative estimate of drug-likeness (QED) is 0.410. The van der Waals surface area contributed by atoms with Crippen LogP contribution in [0.1, 0.15) is 19.4 Å². The number of hydrogen-bond acceptors (Lipinski definition) is 6. The molecular weight excluding hydrogens is 264 g/mol. The van der Waals surface area contributed by atoms with Gasteiger partial charge in [0.05, 0.1) is 0 Å². The van der Waals surface area contributed by atoms with Gasteiger partial charge in [0, 0.05) is 13.8 Å². The molecule has 0 atom stereocenters. The van der Waals surface area contributed by atoms with Crippen LogP contribution < -0.4 is 0 Å². The van der Waals surface area contributed by atoms with Crippen molar-refractivity contribution in [1.29, 1.82) is 0 Å². The van der Waals surface area contributed by atoms with E-state index in [0.29, 0.717) is 0 Å². The van der Waals surface area contributed by atoms with Crippen LogP contribution in [0.3, 0.4) is 0 Å². The zero-order valence-corrected chi connectivity index (χ0v) is 11.5. The van der Waals surface area contributed by atoms with E-state index in [1.807, 2.05) is 30.3 Å². The third kappa shape index (κ3) is 7.50. The monoisotopic (exact) mass is 282 g/mol. The Morgan fingerprint density at radius 1 is 1.00 bits per heavy atom. The van der Waals surface area contributed by atoms with Crippen LogP contribution in [0.4, 0.5) is 0 Å². The molecule has 6 heteroatoms. The molecule has 0 aromatic heterocycles. The smallest absolute Gasteiger partial charge is 0.302 e. The molecule has 6 nitrogen and oxygen atoms in total. The Balaban J connectivity index is 2.34. The lowest BCUT2D eigenvalue weighted by molar-refractivity contribution is -0.342. The predicted octanol–water partition coefficient (Wildman–Crippen LogP) is 1.63. The first-order valence-electron chi connectivity index (χ1n) is 6.17. The van der Waals surface area contributed by atoms with Crippen LogP contribution in [0.2, 0.25) is 0 Å². The predicted molar refractivity (Wildman–Crippen MR) is 69.4 cm³/mol. The molecule has 20 heavy (non-hydrogen) atoms. The lowest BCUT2D eigenvalue weighted by Crippen LogP contribution is -2.27. The second kappa shape index (κ2) is 9.06. The summed E-state index contributed by atoms with van der Waals surface area (Å²) in [5.41, 5.74) is 0.936. The fourth-order valence-electron chi connectivity index (χ4n) is 1.30. The van der Waals surface area contributed by atoms with Crippen molar-refractivity contribution < 1.29 is 28.8 Å². The molecule has 110 valence electrons. The summed E-state index contributed by atoms with van der Waals surface area (Å²) in [5, 5.41) is 0. The molecule has 0 saturated heterocycles. The van der Waals surface area contributed by atoms with Crippen LogP contribution >= 0.6 is 0 Å². The molecule has 0 aliphatic carbocycles. The molecule has 0 unspecified atom stereocenters. The maximum Gasteiger partial charge on any atom is 0.302 e. The molecule has 0 aliphatic heterocycles. The average Bonchev–Trinajstić information content (AvgIpc) is 2.42. The third-order valence-corrected chi connectivity index (χ3v) is 2.22. The summed E-state index contributed by atoms with van der Waals surface area (Å²) in [6.45, 7) is 2.73. The molecule has 0 N–H and O–H groups in total. The minimum Gasteiger partial charge on any atom is -0.463 e. The molecule has 0 saturated carbocycles. The molecule has 0 aliphatic rings. The van der Waals surface area contributed by atoms with Crippen molar-refractivity contribution in [2.75, 3.05) is 13.2 Å². The van der Waals surface area contributed by atoms with Crippen LogP contribution in [0.15, 0.2) is 30.3 Å². The minimum absolute atomic E-state index is 0.0442. The zero-order chi connectivity index (χ0) is 14.8. The Morgan fingerprint density at radius 2 is 1.55 bits per heavy atom. The van der Waals surface area contributed by atoms with E-state index in [9.17, 15) is 9.59 Å². The first kappa shape index (κ1) is 16.1. The van der Waals surface area contributed by atoms with E-state index in [1.165, 1.54) is 13.8 Å².